The molecule has 0 bridgehead atoms. The van der Waals surface area contributed by atoms with Gasteiger partial charge in [-0.25, -0.2) is 4.99 Å². The molecule has 1 aromatic heterocycles. The molecule has 1 aromatic rings. The lowest BCUT2D eigenvalue weighted by molar-refractivity contribution is -0.117. The number of carbonyl (C=O) groups is 1. The quantitative estimate of drug-likeness (QED) is 0.271. The van der Waals surface area contributed by atoms with E-state index < -0.39 is 0 Å². The van der Waals surface area contributed by atoms with E-state index in [1.54, 1.807) is 24.5 Å². The summed E-state index contributed by atoms with van der Waals surface area (Å²) in [5.74, 6) is 0.358. The maximum absolute atomic E-state index is 12.1. The zero-order valence-electron chi connectivity index (χ0n) is 16.3. The first-order valence-electron chi connectivity index (χ1n) is 9.44. The van der Waals surface area contributed by atoms with Crippen LogP contribution < -0.4 is 21.7 Å². The Morgan fingerprint density at radius 2 is 2.14 bits per heavy atom. The topological polar surface area (TPSA) is 128 Å². The fraction of sp³-hybridized carbons (Fsp3) is 0.238. The van der Waals surface area contributed by atoms with Crippen LogP contribution in [0.1, 0.15) is 18.5 Å². The Morgan fingerprint density at radius 1 is 1.28 bits per heavy atom. The second kappa shape index (κ2) is 9.61. The summed E-state index contributed by atoms with van der Waals surface area (Å²) in [7, 11) is 1.85. The molecule has 0 saturated heterocycles. The Bertz CT molecular complexity index is 939. The van der Waals surface area contributed by atoms with E-state index in [1.807, 2.05) is 31.5 Å². The second-order valence-corrected chi connectivity index (χ2v) is 6.60. The molecular formula is C21H25N7O. The van der Waals surface area contributed by atoms with Crippen molar-refractivity contribution in [3.63, 3.8) is 0 Å². The minimum absolute atomic E-state index is 0.0216. The molecule has 8 nitrogen and oxygen atoms in total. The van der Waals surface area contributed by atoms with E-state index in [0.29, 0.717) is 30.1 Å². The molecule has 2 aliphatic rings. The number of hydrogen-bond donors (Lipinski definition) is 5. The average molecular weight is 391 g/mol. The molecule has 1 aliphatic heterocycles. The Balaban J connectivity index is 1.72. The fourth-order valence-corrected chi connectivity index (χ4v) is 3.05. The Labute approximate surface area is 169 Å². The Kier molecular flexibility index (Phi) is 6.70. The van der Waals surface area contributed by atoms with Crippen molar-refractivity contribution in [1.82, 2.24) is 20.9 Å². The molecule has 150 valence electrons. The highest BCUT2D eigenvalue weighted by molar-refractivity contribution is 6.20. The van der Waals surface area contributed by atoms with Gasteiger partial charge in [0.05, 0.1) is 11.3 Å². The van der Waals surface area contributed by atoms with Gasteiger partial charge in [0.2, 0.25) is 5.91 Å². The lowest BCUT2D eigenvalue weighted by Crippen LogP contribution is -2.31. The van der Waals surface area contributed by atoms with Gasteiger partial charge in [0.25, 0.3) is 0 Å². The van der Waals surface area contributed by atoms with E-state index in [4.69, 9.17) is 11.1 Å². The van der Waals surface area contributed by atoms with Crippen LogP contribution in [0.4, 0.5) is 0 Å². The minimum atomic E-state index is -0.103. The molecule has 3 rings (SSSR count). The molecule has 0 spiro atoms. The number of carbonyl (C=O) groups excluding carboxylic acids is 1. The zero-order chi connectivity index (χ0) is 20.6. The third-order valence-corrected chi connectivity index (χ3v) is 4.60. The third kappa shape index (κ3) is 5.05. The molecule has 0 radical (unpaired) electrons. The Morgan fingerprint density at radius 3 is 2.72 bits per heavy atom. The number of aliphatic imine (C=N–C) groups is 1. The van der Waals surface area contributed by atoms with Crippen LogP contribution in [0.15, 0.2) is 70.3 Å². The predicted molar refractivity (Wildman–Crippen MR) is 115 cm³/mol. The molecule has 6 N–H and O–H groups in total. The fourth-order valence-electron chi connectivity index (χ4n) is 3.05. The number of aromatic nitrogens is 1. The van der Waals surface area contributed by atoms with Crippen molar-refractivity contribution in [3.05, 3.63) is 71.0 Å². The largest absolute Gasteiger partial charge is 0.384 e. The van der Waals surface area contributed by atoms with Gasteiger partial charge in [0.1, 0.15) is 11.7 Å². The number of hydrogen-bond acceptors (Lipinski definition) is 6. The summed E-state index contributed by atoms with van der Waals surface area (Å²) in [5, 5.41) is 16.9. The monoisotopic (exact) mass is 391 g/mol. The van der Waals surface area contributed by atoms with Gasteiger partial charge < -0.3 is 21.7 Å². The summed E-state index contributed by atoms with van der Waals surface area (Å²) in [6.07, 6.45) is 10.5. The molecule has 8 heteroatoms. The van der Waals surface area contributed by atoms with Crippen LogP contribution in [-0.4, -0.2) is 43.1 Å². The summed E-state index contributed by atoms with van der Waals surface area (Å²) in [6.45, 7) is 1.35. The van der Waals surface area contributed by atoms with Crippen LogP contribution in [0.3, 0.4) is 0 Å². The first-order chi connectivity index (χ1) is 14.1. The van der Waals surface area contributed by atoms with Crippen molar-refractivity contribution in [1.29, 1.82) is 5.41 Å². The van der Waals surface area contributed by atoms with Gasteiger partial charge in [-0.2, -0.15) is 0 Å². The SMILES string of the molecule is CNCCNC(=O)C1=CC=C(C2=CN/C(=C(/C(=N)N)c3ccccn3)N=C2)CC1. The minimum Gasteiger partial charge on any atom is -0.384 e. The lowest BCUT2D eigenvalue weighted by Gasteiger charge is -2.19. The molecule has 0 atom stereocenters. The lowest BCUT2D eigenvalue weighted by atomic mass is 9.93. The standard InChI is InChI=1S/C21H25N7O/c1-24-10-11-26-21(29)15-7-5-14(6-8-15)16-12-27-20(28-13-16)18(19(22)23)17-4-2-3-9-25-17/h2-5,7,9,12-13,24,27H,6,8,10-11H2,1H3,(H3,22,23)(H,26,29)/b20-18-. The average Bonchev–Trinajstić information content (AvgIpc) is 2.75. The third-order valence-electron chi connectivity index (χ3n) is 4.60. The van der Waals surface area contributed by atoms with Gasteiger partial charge in [-0.05, 0) is 37.6 Å². The van der Waals surface area contributed by atoms with Gasteiger partial charge in [0.15, 0.2) is 0 Å². The van der Waals surface area contributed by atoms with Crippen molar-refractivity contribution in [2.45, 2.75) is 12.8 Å². The maximum atomic E-state index is 12.1. The van der Waals surface area contributed by atoms with Crippen molar-refractivity contribution < 1.29 is 4.79 Å². The molecule has 0 aromatic carbocycles. The molecule has 1 aliphatic carbocycles. The van der Waals surface area contributed by atoms with Crippen molar-refractivity contribution in [3.8, 4) is 0 Å². The number of amides is 1. The summed E-state index contributed by atoms with van der Waals surface area (Å²) < 4.78 is 0. The van der Waals surface area contributed by atoms with Crippen LogP contribution in [-0.2, 0) is 4.79 Å². The molecule has 2 heterocycles. The maximum Gasteiger partial charge on any atom is 0.247 e. The van der Waals surface area contributed by atoms with Crippen LogP contribution in [0.2, 0.25) is 0 Å². The molecule has 0 fully saturated rings. The van der Waals surface area contributed by atoms with Crippen molar-refractivity contribution in [2.75, 3.05) is 20.1 Å². The summed E-state index contributed by atoms with van der Waals surface area (Å²) in [6, 6.07) is 5.43. The van der Waals surface area contributed by atoms with Crippen LogP contribution in [0.25, 0.3) is 5.57 Å². The molecule has 0 unspecified atom stereocenters. The summed E-state index contributed by atoms with van der Waals surface area (Å²) in [4.78, 5) is 20.9. The number of allylic oxidation sites excluding steroid dienone is 4. The molecular weight excluding hydrogens is 366 g/mol. The van der Waals surface area contributed by atoms with E-state index in [-0.39, 0.29) is 11.7 Å². The number of pyridine rings is 1. The zero-order valence-corrected chi connectivity index (χ0v) is 16.3. The number of amidine groups is 1. The van der Waals surface area contributed by atoms with Gasteiger partial charge >= 0.3 is 0 Å². The van der Waals surface area contributed by atoms with E-state index in [2.05, 4.69) is 25.9 Å². The second-order valence-electron chi connectivity index (χ2n) is 6.60. The van der Waals surface area contributed by atoms with Gasteiger partial charge in [0, 0.05) is 42.8 Å². The van der Waals surface area contributed by atoms with Crippen LogP contribution in [0, 0.1) is 5.41 Å². The number of rotatable bonds is 7. The first kappa shape index (κ1) is 20.2. The van der Waals surface area contributed by atoms with Crippen molar-refractivity contribution in [2.24, 2.45) is 10.7 Å². The summed E-state index contributed by atoms with van der Waals surface area (Å²) >= 11 is 0. The smallest absolute Gasteiger partial charge is 0.247 e. The highest BCUT2D eigenvalue weighted by Crippen LogP contribution is 2.26. The highest BCUT2D eigenvalue weighted by atomic mass is 16.1. The number of nitrogens with two attached hydrogens (primary N) is 1. The Hall–Kier alpha value is -3.52. The number of nitrogens with zero attached hydrogens (tertiary/aromatic N) is 2. The van der Waals surface area contributed by atoms with Crippen LogP contribution >= 0.6 is 0 Å². The molecule has 29 heavy (non-hydrogen) atoms. The number of likely N-dealkylation sites (N-methyl/N-ethyl adjacent to an activating group) is 1. The first-order valence-corrected chi connectivity index (χ1v) is 9.44. The van der Waals surface area contributed by atoms with Gasteiger partial charge in [-0.15, -0.1) is 0 Å². The van der Waals surface area contributed by atoms with E-state index >= 15 is 0 Å². The number of nitrogens with one attached hydrogen (secondary N) is 4. The molecule has 1 amide bonds. The van der Waals surface area contributed by atoms with Crippen molar-refractivity contribution >= 4 is 23.5 Å². The van der Waals surface area contributed by atoms with Crippen LogP contribution in [0.5, 0.6) is 0 Å². The van der Waals surface area contributed by atoms with Gasteiger partial charge in [-0.3, -0.25) is 15.2 Å². The van der Waals surface area contributed by atoms with E-state index in [1.165, 1.54) is 0 Å². The van der Waals surface area contributed by atoms with Gasteiger partial charge in [-0.1, -0.05) is 18.2 Å². The highest BCUT2D eigenvalue weighted by Gasteiger charge is 2.18. The van der Waals surface area contributed by atoms with E-state index in [9.17, 15) is 4.79 Å². The molecule has 0 saturated carbocycles. The predicted octanol–water partition coefficient (Wildman–Crippen LogP) is 1.23. The summed E-state index contributed by atoms with van der Waals surface area (Å²) in [5.41, 5.74) is 9.60. The normalized spacial score (nSPS) is 17.5. The van der Waals surface area contributed by atoms with E-state index in [0.717, 1.165) is 29.7 Å².